The van der Waals surface area contributed by atoms with E-state index in [1.165, 1.54) is 0 Å². The summed E-state index contributed by atoms with van der Waals surface area (Å²) in [6.07, 6.45) is 3.42. The fourth-order valence-corrected chi connectivity index (χ4v) is 4.13. The molecule has 0 bridgehead atoms. The summed E-state index contributed by atoms with van der Waals surface area (Å²) in [5.74, 6) is -2.26. The Morgan fingerprint density at radius 2 is 0.909 bits per heavy atom. The van der Waals surface area contributed by atoms with Crippen LogP contribution in [-0.2, 0) is 22.9 Å². The molecule has 0 aromatic rings. The minimum atomic E-state index is -4.11. The van der Waals surface area contributed by atoms with Gasteiger partial charge < -0.3 is 0 Å². The fraction of sp³-hybridized carbons (Fsp3) is 0.250. The van der Waals surface area contributed by atoms with Crippen LogP contribution in [0.4, 0.5) is 0 Å². The molecule has 0 aromatic heterocycles. The third-order valence-electron chi connectivity index (χ3n) is 1.59. The molecule has 0 aromatic carbocycles. The molecule has 0 saturated carbocycles. The van der Waals surface area contributed by atoms with E-state index in [-0.39, 0.29) is 0 Å². The molecule has 120 valence electrons. The molecule has 0 saturated heterocycles. The third kappa shape index (κ3) is 12.5. The van der Waals surface area contributed by atoms with E-state index in [4.69, 9.17) is 8.56 Å². The number of allylic oxidation sites excluding steroid dienone is 3. The van der Waals surface area contributed by atoms with Crippen molar-refractivity contribution in [2.24, 2.45) is 0 Å². The molecule has 0 spiro atoms. The van der Waals surface area contributed by atoms with E-state index in [1.807, 2.05) is 0 Å². The number of carbonyl (C=O) groups excluding carboxylic acids is 3. The van der Waals surface area contributed by atoms with Gasteiger partial charge in [-0.3, -0.25) is 0 Å². The average molecular weight is 607 g/mol. The standard InChI is InChI=1S/3C4H5BrO2.In/c3*1-3(5)2-4(6)7;/h3*2H,1H3,(H,6,7);/q;;;+3/p-3/b3*3-2-;. The number of halogens is 3. The zero-order valence-corrected chi connectivity index (χ0v) is 19.9. The Labute approximate surface area is 162 Å². The second-order valence-corrected chi connectivity index (χ2v) is 11.2. The molecule has 0 aliphatic carbocycles. The summed E-state index contributed by atoms with van der Waals surface area (Å²) < 4.78 is 16.4. The molecule has 0 aliphatic rings. The molecule has 0 rings (SSSR count). The van der Waals surface area contributed by atoms with Crippen LogP contribution in [0.15, 0.2) is 31.7 Å². The van der Waals surface area contributed by atoms with Gasteiger partial charge in [-0.05, 0) is 0 Å². The van der Waals surface area contributed by atoms with Gasteiger partial charge in [0.05, 0.1) is 0 Å². The van der Waals surface area contributed by atoms with Gasteiger partial charge in [0.1, 0.15) is 0 Å². The van der Waals surface area contributed by atoms with Gasteiger partial charge in [0.2, 0.25) is 0 Å². The molecular formula is C12H12Br3InO6. The summed E-state index contributed by atoms with van der Waals surface area (Å²) in [6.45, 7) is 4.87. The summed E-state index contributed by atoms with van der Waals surface area (Å²) in [6, 6.07) is 0. The van der Waals surface area contributed by atoms with Gasteiger partial charge in [-0.1, -0.05) is 0 Å². The molecule has 0 atom stereocenters. The summed E-state index contributed by atoms with van der Waals surface area (Å²) >= 11 is 5.10. The van der Waals surface area contributed by atoms with Crippen molar-refractivity contribution in [3.05, 3.63) is 31.7 Å². The predicted molar refractivity (Wildman–Crippen MR) is 92.1 cm³/mol. The van der Waals surface area contributed by atoms with Crippen LogP contribution >= 0.6 is 47.8 Å². The van der Waals surface area contributed by atoms with E-state index in [1.54, 1.807) is 20.8 Å². The molecule has 0 fully saturated rings. The van der Waals surface area contributed by atoms with Gasteiger partial charge in [0.15, 0.2) is 0 Å². The summed E-state index contributed by atoms with van der Waals surface area (Å²) in [5.41, 5.74) is 0. The zero-order chi connectivity index (χ0) is 17.3. The van der Waals surface area contributed by atoms with Crippen molar-refractivity contribution < 1.29 is 22.9 Å². The molecule has 10 heteroatoms. The van der Waals surface area contributed by atoms with E-state index >= 15 is 0 Å². The quantitative estimate of drug-likeness (QED) is 0.431. The summed E-state index contributed by atoms with van der Waals surface area (Å²) in [5, 5.41) is 0. The molecule has 0 amide bonds. The van der Waals surface area contributed by atoms with Crippen molar-refractivity contribution in [3.63, 3.8) is 0 Å². The Balaban J connectivity index is 4.98. The molecule has 0 aliphatic heterocycles. The first-order valence-corrected chi connectivity index (χ1v) is 12.1. The molecule has 6 nitrogen and oxygen atoms in total. The monoisotopic (exact) mass is 604 g/mol. The van der Waals surface area contributed by atoms with Crippen LogP contribution in [0.5, 0.6) is 0 Å². The molecule has 0 unspecified atom stereocenters. The first kappa shape index (κ1) is 21.9. The second-order valence-electron chi connectivity index (χ2n) is 3.79. The minimum absolute atomic E-state index is 0.521. The summed E-state index contributed by atoms with van der Waals surface area (Å²) in [4.78, 5) is 34.7. The summed E-state index contributed by atoms with van der Waals surface area (Å²) in [7, 11) is 0. The Bertz CT molecular complexity index is 453. The predicted octanol–water partition coefficient (Wildman–Crippen LogP) is 3.50. The van der Waals surface area contributed by atoms with E-state index in [0.717, 1.165) is 18.2 Å². The molecule has 22 heavy (non-hydrogen) atoms. The third-order valence-corrected chi connectivity index (χ3v) is 5.91. The van der Waals surface area contributed by atoms with Gasteiger partial charge >= 0.3 is 164 Å². The van der Waals surface area contributed by atoms with Crippen molar-refractivity contribution in [1.29, 1.82) is 0 Å². The van der Waals surface area contributed by atoms with Crippen molar-refractivity contribution in [2.45, 2.75) is 20.8 Å². The normalized spacial score (nSPS) is 12.5. The van der Waals surface area contributed by atoms with E-state index in [2.05, 4.69) is 47.8 Å². The van der Waals surface area contributed by atoms with Gasteiger partial charge in [-0.25, -0.2) is 0 Å². The van der Waals surface area contributed by atoms with Crippen LogP contribution in [0, 0.1) is 0 Å². The van der Waals surface area contributed by atoms with Gasteiger partial charge in [-0.2, -0.15) is 0 Å². The van der Waals surface area contributed by atoms with Crippen LogP contribution in [-0.4, -0.2) is 40.7 Å². The fourth-order valence-electron chi connectivity index (χ4n) is 0.946. The zero-order valence-electron chi connectivity index (χ0n) is 11.9. The molecule has 0 heterocycles. The molecule has 0 N–H and O–H groups in total. The van der Waals surface area contributed by atoms with Crippen LogP contribution in [0.25, 0.3) is 0 Å². The first-order chi connectivity index (χ1) is 10.1. The van der Waals surface area contributed by atoms with Gasteiger partial charge in [0, 0.05) is 0 Å². The Morgan fingerprint density at radius 1 is 0.682 bits per heavy atom. The Hall–Kier alpha value is -0.0599. The molecule has 0 radical (unpaired) electrons. The van der Waals surface area contributed by atoms with Crippen molar-refractivity contribution in [1.82, 2.24) is 0 Å². The molecular weight excluding hydrogens is 595 g/mol. The Morgan fingerprint density at radius 3 is 1.09 bits per heavy atom. The second kappa shape index (κ2) is 11.5. The van der Waals surface area contributed by atoms with Crippen LogP contribution in [0.1, 0.15) is 20.8 Å². The van der Waals surface area contributed by atoms with E-state index in [9.17, 15) is 14.4 Å². The number of hydrogen-bond donors (Lipinski definition) is 0. The van der Waals surface area contributed by atoms with Crippen molar-refractivity contribution >= 4 is 88.4 Å². The first-order valence-electron chi connectivity index (χ1n) is 5.73. The Kier molecular flexibility index (Phi) is 11.4. The van der Waals surface area contributed by atoms with Crippen molar-refractivity contribution in [3.8, 4) is 0 Å². The van der Waals surface area contributed by atoms with Crippen molar-refractivity contribution in [2.75, 3.05) is 0 Å². The van der Waals surface area contributed by atoms with Crippen LogP contribution in [0.3, 0.4) is 0 Å². The van der Waals surface area contributed by atoms with E-state index < -0.39 is 40.7 Å². The average Bonchev–Trinajstić information content (AvgIpc) is 2.23. The number of rotatable bonds is 6. The van der Waals surface area contributed by atoms with Crippen LogP contribution < -0.4 is 0 Å². The van der Waals surface area contributed by atoms with Gasteiger partial charge in [0.25, 0.3) is 0 Å². The van der Waals surface area contributed by atoms with Crippen LogP contribution in [0.2, 0.25) is 0 Å². The van der Waals surface area contributed by atoms with E-state index in [0.29, 0.717) is 13.4 Å². The van der Waals surface area contributed by atoms with Gasteiger partial charge in [-0.15, -0.1) is 0 Å². The number of hydrogen-bond acceptors (Lipinski definition) is 6. The number of carbonyl (C=O) groups is 3. The SMILES string of the molecule is C/C(Br)=C/C(=O)[O][In]([O]C(=O)/C=C(/C)Br)[O]C(=O)/C=C(/C)Br. The maximum atomic E-state index is 11.6. The topological polar surface area (TPSA) is 78.9 Å². The maximum absolute atomic E-state index is 11.6.